The van der Waals surface area contributed by atoms with Crippen LogP contribution in [0.25, 0.3) is 0 Å². The summed E-state index contributed by atoms with van der Waals surface area (Å²) >= 11 is 5.92. The molecule has 0 bridgehead atoms. The van der Waals surface area contributed by atoms with E-state index in [4.69, 9.17) is 21.2 Å². The molecule has 1 unspecified atom stereocenters. The smallest absolute Gasteiger partial charge is 0.138 e. The molecule has 0 saturated carbocycles. The fourth-order valence-corrected chi connectivity index (χ4v) is 1.35. The van der Waals surface area contributed by atoms with Gasteiger partial charge in [-0.05, 0) is 32.9 Å². The van der Waals surface area contributed by atoms with Crippen molar-refractivity contribution in [3.8, 4) is 5.75 Å². The molecule has 0 spiro atoms. The first-order chi connectivity index (χ1) is 8.38. The Labute approximate surface area is 113 Å². The number of hydrogen-bond acceptors (Lipinski definition) is 4. The van der Waals surface area contributed by atoms with E-state index >= 15 is 0 Å². The molecule has 1 aromatic carbocycles. The summed E-state index contributed by atoms with van der Waals surface area (Å²) in [6.45, 7) is 6.22. The molecule has 0 aliphatic rings. The molecule has 0 fully saturated rings. The molecule has 0 aliphatic heterocycles. The van der Waals surface area contributed by atoms with Crippen LogP contribution in [0.2, 0.25) is 5.02 Å². The molecule has 5 heteroatoms. The normalized spacial score (nSPS) is 13.4. The number of hydroxylamine groups is 1. The Morgan fingerprint density at radius 3 is 2.61 bits per heavy atom. The molecule has 1 aromatic rings. The summed E-state index contributed by atoms with van der Waals surface area (Å²) in [5.74, 6) is 0.565. The molecule has 0 radical (unpaired) electrons. The van der Waals surface area contributed by atoms with Crippen LogP contribution in [-0.2, 0) is 4.84 Å². The molecule has 0 aliphatic carbocycles. The van der Waals surface area contributed by atoms with Crippen LogP contribution in [0, 0.1) is 0 Å². The number of halogens is 1. The molecule has 2 N–H and O–H groups in total. The van der Waals surface area contributed by atoms with Crippen LogP contribution >= 0.6 is 11.6 Å². The highest BCUT2D eigenvalue weighted by atomic mass is 35.5. The van der Waals surface area contributed by atoms with Crippen LogP contribution < -0.4 is 10.2 Å². The van der Waals surface area contributed by atoms with Crippen molar-refractivity contribution in [1.82, 2.24) is 5.48 Å². The van der Waals surface area contributed by atoms with Gasteiger partial charge in [-0.15, -0.1) is 0 Å². The number of nitrogens with one attached hydrogen (secondary N) is 1. The fraction of sp³-hybridized carbons (Fsp3) is 0.538. The standard InChI is InChI=1S/C13H20ClNO3/c1-13(2,3)18-15-8-10(16)9-17-12-7-5-4-6-11(12)14/h4-7,10,15-16H,8-9H2,1-3H3. The quantitative estimate of drug-likeness (QED) is 0.782. The lowest BCUT2D eigenvalue weighted by atomic mass is 10.2. The van der Waals surface area contributed by atoms with E-state index in [2.05, 4.69) is 5.48 Å². The van der Waals surface area contributed by atoms with Crippen molar-refractivity contribution >= 4 is 11.6 Å². The fourth-order valence-electron chi connectivity index (χ4n) is 1.16. The van der Waals surface area contributed by atoms with Crippen LogP contribution in [0.1, 0.15) is 20.8 Å². The Hall–Kier alpha value is -0.810. The van der Waals surface area contributed by atoms with E-state index in [-0.39, 0.29) is 12.2 Å². The number of rotatable bonds is 6. The Morgan fingerprint density at radius 2 is 2.00 bits per heavy atom. The maximum atomic E-state index is 9.69. The lowest BCUT2D eigenvalue weighted by molar-refractivity contribution is -0.0857. The number of hydrogen-bond donors (Lipinski definition) is 2. The largest absolute Gasteiger partial charge is 0.489 e. The van der Waals surface area contributed by atoms with E-state index in [1.54, 1.807) is 12.1 Å². The van der Waals surface area contributed by atoms with Crippen molar-refractivity contribution in [1.29, 1.82) is 0 Å². The summed E-state index contributed by atoms with van der Waals surface area (Å²) in [4.78, 5) is 5.28. The second-order valence-electron chi connectivity index (χ2n) is 4.96. The zero-order chi connectivity index (χ0) is 13.6. The highest BCUT2D eigenvalue weighted by molar-refractivity contribution is 6.32. The van der Waals surface area contributed by atoms with Gasteiger partial charge in [0.05, 0.1) is 17.2 Å². The van der Waals surface area contributed by atoms with E-state index < -0.39 is 6.10 Å². The third kappa shape index (κ3) is 6.21. The summed E-state index contributed by atoms with van der Waals surface area (Å²) < 4.78 is 5.40. The molecular weight excluding hydrogens is 254 g/mol. The van der Waals surface area contributed by atoms with Gasteiger partial charge in [0.15, 0.2) is 0 Å². The van der Waals surface area contributed by atoms with Crippen LogP contribution in [-0.4, -0.2) is 30.0 Å². The minimum absolute atomic E-state index is 0.157. The maximum absolute atomic E-state index is 9.69. The average Bonchev–Trinajstić information content (AvgIpc) is 2.26. The second kappa shape index (κ2) is 6.95. The van der Waals surface area contributed by atoms with Crippen molar-refractivity contribution in [2.24, 2.45) is 0 Å². The van der Waals surface area contributed by atoms with E-state index in [0.717, 1.165) is 0 Å². The molecule has 1 rings (SSSR count). The monoisotopic (exact) mass is 273 g/mol. The summed E-state index contributed by atoms with van der Waals surface area (Å²) in [5, 5.41) is 10.2. The van der Waals surface area contributed by atoms with Gasteiger partial charge in [0, 0.05) is 0 Å². The van der Waals surface area contributed by atoms with Crippen molar-refractivity contribution < 1.29 is 14.7 Å². The van der Waals surface area contributed by atoms with Crippen molar-refractivity contribution in [3.05, 3.63) is 29.3 Å². The van der Waals surface area contributed by atoms with Gasteiger partial charge in [0.1, 0.15) is 18.5 Å². The molecule has 1 atom stereocenters. The van der Waals surface area contributed by atoms with Crippen LogP contribution in [0.3, 0.4) is 0 Å². The molecule has 18 heavy (non-hydrogen) atoms. The Kier molecular flexibility index (Phi) is 5.88. The van der Waals surface area contributed by atoms with Crippen LogP contribution in [0.5, 0.6) is 5.75 Å². The predicted octanol–water partition coefficient (Wildman–Crippen LogP) is 2.40. The summed E-state index contributed by atoms with van der Waals surface area (Å²) in [5.41, 5.74) is 2.42. The van der Waals surface area contributed by atoms with Gasteiger partial charge in [0.25, 0.3) is 0 Å². The molecule has 4 nitrogen and oxygen atoms in total. The van der Waals surface area contributed by atoms with Crippen molar-refractivity contribution in [2.75, 3.05) is 13.2 Å². The van der Waals surface area contributed by atoms with Gasteiger partial charge in [-0.2, -0.15) is 5.48 Å². The molecular formula is C13H20ClNO3. The van der Waals surface area contributed by atoms with Gasteiger partial charge in [-0.25, -0.2) is 0 Å². The molecule has 0 aromatic heterocycles. The van der Waals surface area contributed by atoms with Crippen molar-refractivity contribution in [3.63, 3.8) is 0 Å². The molecule has 0 saturated heterocycles. The molecule has 102 valence electrons. The first-order valence-electron chi connectivity index (χ1n) is 5.85. The topological polar surface area (TPSA) is 50.7 Å². The van der Waals surface area contributed by atoms with Gasteiger partial charge < -0.3 is 9.84 Å². The lowest BCUT2D eigenvalue weighted by Gasteiger charge is -2.21. The lowest BCUT2D eigenvalue weighted by Crippen LogP contribution is -2.36. The van der Waals surface area contributed by atoms with E-state index in [1.165, 1.54) is 0 Å². The summed E-state index contributed by atoms with van der Waals surface area (Å²) in [6.07, 6.45) is -0.663. The van der Waals surface area contributed by atoms with E-state index in [1.807, 2.05) is 32.9 Å². The average molecular weight is 274 g/mol. The first-order valence-corrected chi connectivity index (χ1v) is 6.22. The number of para-hydroxylation sites is 1. The Morgan fingerprint density at radius 1 is 1.33 bits per heavy atom. The summed E-state index contributed by atoms with van der Waals surface area (Å²) in [7, 11) is 0. The van der Waals surface area contributed by atoms with Gasteiger partial charge in [0.2, 0.25) is 0 Å². The zero-order valence-electron chi connectivity index (χ0n) is 10.9. The van der Waals surface area contributed by atoms with Crippen molar-refractivity contribution in [2.45, 2.75) is 32.5 Å². The van der Waals surface area contributed by atoms with Crippen LogP contribution in [0.15, 0.2) is 24.3 Å². The minimum Gasteiger partial charge on any atom is -0.489 e. The third-order valence-corrected chi connectivity index (χ3v) is 2.28. The van der Waals surface area contributed by atoms with Crippen LogP contribution in [0.4, 0.5) is 0 Å². The van der Waals surface area contributed by atoms with E-state index in [9.17, 15) is 5.11 Å². The molecule has 0 heterocycles. The number of aliphatic hydroxyl groups is 1. The third-order valence-electron chi connectivity index (χ3n) is 1.97. The summed E-state index contributed by atoms with van der Waals surface area (Å²) in [6, 6.07) is 7.15. The first kappa shape index (κ1) is 15.2. The number of aliphatic hydroxyl groups excluding tert-OH is 1. The highest BCUT2D eigenvalue weighted by Crippen LogP contribution is 2.22. The van der Waals surface area contributed by atoms with E-state index in [0.29, 0.717) is 17.3 Å². The molecule has 0 amide bonds. The minimum atomic E-state index is -0.663. The SMILES string of the molecule is CC(C)(C)ONCC(O)COc1ccccc1Cl. The zero-order valence-corrected chi connectivity index (χ0v) is 11.7. The predicted molar refractivity (Wildman–Crippen MR) is 71.8 cm³/mol. The Bertz CT molecular complexity index is 365. The van der Waals surface area contributed by atoms with Gasteiger partial charge in [-0.1, -0.05) is 23.7 Å². The maximum Gasteiger partial charge on any atom is 0.138 e. The van der Waals surface area contributed by atoms with Gasteiger partial charge >= 0.3 is 0 Å². The second-order valence-corrected chi connectivity index (χ2v) is 5.37. The van der Waals surface area contributed by atoms with Gasteiger partial charge in [-0.3, -0.25) is 4.84 Å². The highest BCUT2D eigenvalue weighted by Gasteiger charge is 2.12. The Balaban J connectivity index is 2.25. The number of ether oxygens (including phenoxy) is 1. The number of benzene rings is 1.